The molecule has 0 saturated heterocycles. The first-order chi connectivity index (χ1) is 9.56. The predicted molar refractivity (Wildman–Crippen MR) is 82.0 cm³/mol. The van der Waals surface area contributed by atoms with Crippen molar-refractivity contribution in [3.05, 3.63) is 35.5 Å². The molecule has 4 nitrogen and oxygen atoms in total. The van der Waals surface area contributed by atoms with Crippen LogP contribution in [-0.4, -0.2) is 23.4 Å². The van der Waals surface area contributed by atoms with Crippen molar-refractivity contribution in [1.29, 1.82) is 0 Å². The Morgan fingerprint density at radius 2 is 2.05 bits per heavy atom. The summed E-state index contributed by atoms with van der Waals surface area (Å²) >= 11 is 0. The molecule has 0 aliphatic carbocycles. The van der Waals surface area contributed by atoms with Crippen LogP contribution in [0.3, 0.4) is 0 Å². The number of nitrogens with two attached hydrogens (primary N) is 1. The summed E-state index contributed by atoms with van der Waals surface area (Å²) in [4.78, 5) is 0. The van der Waals surface area contributed by atoms with Crippen LogP contribution in [0.1, 0.15) is 31.0 Å². The van der Waals surface area contributed by atoms with Gasteiger partial charge in [0.2, 0.25) is 0 Å². The molecule has 0 unspecified atom stereocenters. The summed E-state index contributed by atoms with van der Waals surface area (Å²) in [5, 5.41) is 4.50. The third-order valence-corrected chi connectivity index (χ3v) is 3.48. The van der Waals surface area contributed by atoms with E-state index in [1.165, 1.54) is 5.56 Å². The second kappa shape index (κ2) is 6.09. The van der Waals surface area contributed by atoms with E-state index in [1.54, 1.807) is 7.11 Å². The highest BCUT2D eigenvalue weighted by atomic mass is 16.5. The Balaban J connectivity index is 2.45. The van der Waals surface area contributed by atoms with Crippen LogP contribution in [0.25, 0.3) is 11.3 Å². The number of hydrogen-bond donors (Lipinski definition) is 1. The molecule has 0 amide bonds. The second-order valence-corrected chi connectivity index (χ2v) is 5.29. The van der Waals surface area contributed by atoms with Crippen molar-refractivity contribution in [2.24, 2.45) is 12.8 Å². The van der Waals surface area contributed by atoms with Gasteiger partial charge in [0, 0.05) is 19.0 Å². The van der Waals surface area contributed by atoms with E-state index in [0.717, 1.165) is 29.1 Å². The summed E-state index contributed by atoms with van der Waals surface area (Å²) in [5.74, 6) is 1.36. The first-order valence-corrected chi connectivity index (χ1v) is 6.98. The normalized spacial score (nSPS) is 11.1. The maximum atomic E-state index is 5.59. The van der Waals surface area contributed by atoms with Crippen LogP contribution in [0, 0.1) is 0 Å². The number of rotatable bonds is 5. The van der Waals surface area contributed by atoms with E-state index in [-0.39, 0.29) is 0 Å². The zero-order valence-corrected chi connectivity index (χ0v) is 12.7. The Morgan fingerprint density at radius 3 is 2.65 bits per heavy atom. The molecule has 0 radical (unpaired) electrons. The van der Waals surface area contributed by atoms with Gasteiger partial charge in [-0.15, -0.1) is 0 Å². The van der Waals surface area contributed by atoms with E-state index < -0.39 is 0 Å². The Morgan fingerprint density at radius 1 is 1.30 bits per heavy atom. The van der Waals surface area contributed by atoms with Crippen LogP contribution in [0.5, 0.6) is 5.75 Å². The molecular weight excluding hydrogens is 250 g/mol. The highest BCUT2D eigenvalue weighted by Crippen LogP contribution is 2.31. The van der Waals surface area contributed by atoms with Crippen LogP contribution < -0.4 is 10.5 Å². The maximum absolute atomic E-state index is 5.59. The van der Waals surface area contributed by atoms with Gasteiger partial charge in [0.05, 0.1) is 18.5 Å². The monoisotopic (exact) mass is 273 g/mol. The number of ether oxygens (including phenoxy) is 1. The van der Waals surface area contributed by atoms with E-state index in [0.29, 0.717) is 12.5 Å². The minimum absolute atomic E-state index is 0.418. The number of aromatic nitrogens is 2. The van der Waals surface area contributed by atoms with E-state index in [1.807, 2.05) is 17.8 Å². The summed E-state index contributed by atoms with van der Waals surface area (Å²) in [6, 6.07) is 8.40. The number of nitrogens with zero attached hydrogens (tertiary/aromatic N) is 2. The molecule has 0 aliphatic heterocycles. The lowest BCUT2D eigenvalue weighted by molar-refractivity contribution is 0.407. The highest BCUT2D eigenvalue weighted by molar-refractivity contribution is 5.63. The van der Waals surface area contributed by atoms with E-state index >= 15 is 0 Å². The van der Waals surface area contributed by atoms with Crippen LogP contribution in [0.2, 0.25) is 0 Å². The van der Waals surface area contributed by atoms with Crippen molar-refractivity contribution in [3.63, 3.8) is 0 Å². The summed E-state index contributed by atoms with van der Waals surface area (Å²) in [7, 11) is 3.68. The summed E-state index contributed by atoms with van der Waals surface area (Å²) in [6.45, 7) is 4.96. The average Bonchev–Trinajstić information content (AvgIpc) is 2.79. The van der Waals surface area contributed by atoms with Crippen molar-refractivity contribution in [2.45, 2.75) is 26.2 Å². The quantitative estimate of drug-likeness (QED) is 0.911. The molecule has 2 rings (SSSR count). The van der Waals surface area contributed by atoms with E-state index in [9.17, 15) is 0 Å². The Hall–Kier alpha value is -1.81. The Bertz CT molecular complexity index is 587. The highest BCUT2D eigenvalue weighted by Gasteiger charge is 2.12. The van der Waals surface area contributed by atoms with Crippen molar-refractivity contribution >= 4 is 0 Å². The van der Waals surface area contributed by atoms with Crippen molar-refractivity contribution in [1.82, 2.24) is 9.78 Å². The van der Waals surface area contributed by atoms with Gasteiger partial charge < -0.3 is 10.5 Å². The Labute approximate surface area is 120 Å². The summed E-state index contributed by atoms with van der Waals surface area (Å²) in [5.41, 5.74) is 10.1. The molecule has 0 atom stereocenters. The minimum Gasteiger partial charge on any atom is -0.496 e. The molecule has 1 aromatic heterocycles. The van der Waals surface area contributed by atoms with E-state index in [4.69, 9.17) is 10.5 Å². The van der Waals surface area contributed by atoms with Crippen LogP contribution in [-0.2, 0) is 13.5 Å². The minimum atomic E-state index is 0.418. The molecule has 108 valence electrons. The van der Waals surface area contributed by atoms with Gasteiger partial charge in [-0.1, -0.05) is 13.8 Å². The fourth-order valence-corrected chi connectivity index (χ4v) is 2.41. The topological polar surface area (TPSA) is 53.1 Å². The average molecular weight is 273 g/mol. The molecule has 0 aliphatic rings. The molecule has 4 heteroatoms. The third kappa shape index (κ3) is 2.85. The zero-order valence-electron chi connectivity index (χ0n) is 12.7. The lowest BCUT2D eigenvalue weighted by Gasteiger charge is -2.13. The van der Waals surface area contributed by atoms with Crippen molar-refractivity contribution in [2.75, 3.05) is 13.7 Å². The fraction of sp³-hybridized carbons (Fsp3) is 0.438. The first kappa shape index (κ1) is 14.6. The maximum Gasteiger partial charge on any atom is 0.122 e. The molecule has 2 aromatic rings. The predicted octanol–water partition coefficient (Wildman–Crippen LogP) is 2.72. The SMILES string of the molecule is COc1ccc(-c2cc(CCN)nn2C)cc1C(C)C. The van der Waals surface area contributed by atoms with Crippen molar-refractivity contribution in [3.8, 4) is 17.0 Å². The van der Waals surface area contributed by atoms with Crippen LogP contribution >= 0.6 is 0 Å². The molecular formula is C16H23N3O. The summed E-state index contributed by atoms with van der Waals surface area (Å²) < 4.78 is 7.35. The lowest BCUT2D eigenvalue weighted by Crippen LogP contribution is -2.03. The fourth-order valence-electron chi connectivity index (χ4n) is 2.41. The number of hydrogen-bond acceptors (Lipinski definition) is 3. The molecule has 1 aromatic carbocycles. The number of benzene rings is 1. The largest absolute Gasteiger partial charge is 0.496 e. The number of aryl methyl sites for hydroxylation is 1. The van der Waals surface area contributed by atoms with Gasteiger partial charge >= 0.3 is 0 Å². The van der Waals surface area contributed by atoms with Gasteiger partial charge in [-0.2, -0.15) is 5.10 Å². The molecule has 20 heavy (non-hydrogen) atoms. The lowest BCUT2D eigenvalue weighted by atomic mass is 9.98. The molecule has 2 N–H and O–H groups in total. The van der Waals surface area contributed by atoms with Gasteiger partial charge in [0.1, 0.15) is 5.75 Å². The van der Waals surface area contributed by atoms with Gasteiger partial charge in [0.15, 0.2) is 0 Å². The van der Waals surface area contributed by atoms with Gasteiger partial charge in [0.25, 0.3) is 0 Å². The van der Waals surface area contributed by atoms with E-state index in [2.05, 4.69) is 37.1 Å². The first-order valence-electron chi connectivity index (χ1n) is 6.98. The molecule has 0 spiro atoms. The summed E-state index contributed by atoms with van der Waals surface area (Å²) in [6.07, 6.45) is 0.807. The molecule has 1 heterocycles. The second-order valence-electron chi connectivity index (χ2n) is 5.29. The standard InChI is InChI=1S/C16H23N3O/c1-11(2)14-9-12(5-6-16(14)20-4)15-10-13(7-8-17)18-19(15)3/h5-6,9-11H,7-8,17H2,1-4H3. The van der Waals surface area contributed by atoms with Gasteiger partial charge in [-0.05, 0) is 42.3 Å². The molecule has 0 saturated carbocycles. The third-order valence-electron chi connectivity index (χ3n) is 3.48. The smallest absolute Gasteiger partial charge is 0.122 e. The van der Waals surface area contributed by atoms with Gasteiger partial charge in [-0.25, -0.2) is 0 Å². The molecule has 0 bridgehead atoms. The van der Waals surface area contributed by atoms with Crippen molar-refractivity contribution < 1.29 is 4.74 Å². The van der Waals surface area contributed by atoms with Gasteiger partial charge in [-0.3, -0.25) is 4.68 Å². The zero-order chi connectivity index (χ0) is 14.7. The number of methoxy groups -OCH3 is 1. The van der Waals surface area contributed by atoms with Crippen LogP contribution in [0.4, 0.5) is 0 Å². The Kier molecular flexibility index (Phi) is 4.45. The molecule has 0 fully saturated rings. The van der Waals surface area contributed by atoms with Crippen LogP contribution in [0.15, 0.2) is 24.3 Å².